The molecule has 29 heavy (non-hydrogen) atoms. The lowest BCUT2D eigenvalue weighted by atomic mass is 10.1. The molecular weight excluding hydrogens is 393 g/mol. The van der Waals surface area contributed by atoms with Crippen molar-refractivity contribution in [3.05, 3.63) is 63.2 Å². The van der Waals surface area contributed by atoms with Crippen LogP contribution in [0.4, 0.5) is 18.9 Å². The molecule has 10 heteroatoms. The molecule has 2 rings (SSSR count). The van der Waals surface area contributed by atoms with E-state index in [1.165, 1.54) is 26.4 Å². The van der Waals surface area contributed by atoms with Crippen LogP contribution >= 0.6 is 0 Å². The molecule has 0 saturated carbocycles. The van der Waals surface area contributed by atoms with E-state index < -0.39 is 28.3 Å². The van der Waals surface area contributed by atoms with E-state index in [0.717, 1.165) is 24.3 Å². The first-order valence-electron chi connectivity index (χ1n) is 8.02. The summed E-state index contributed by atoms with van der Waals surface area (Å²) in [6.07, 6.45) is -4.49. The number of amides is 1. The third kappa shape index (κ3) is 5.38. The number of hydrogen-bond donors (Lipinski definition) is 1. The van der Waals surface area contributed by atoms with Crippen LogP contribution < -0.4 is 14.8 Å². The zero-order chi connectivity index (χ0) is 21.6. The van der Waals surface area contributed by atoms with Gasteiger partial charge in [-0.1, -0.05) is 17.9 Å². The summed E-state index contributed by atoms with van der Waals surface area (Å²) in [4.78, 5) is 22.8. The minimum atomic E-state index is -4.49. The van der Waals surface area contributed by atoms with E-state index in [2.05, 4.69) is 17.2 Å². The van der Waals surface area contributed by atoms with Crippen molar-refractivity contribution in [1.29, 1.82) is 0 Å². The summed E-state index contributed by atoms with van der Waals surface area (Å²) in [5.41, 5.74) is -1.49. The zero-order valence-electron chi connectivity index (χ0n) is 15.3. The van der Waals surface area contributed by atoms with Gasteiger partial charge >= 0.3 is 6.18 Å². The number of carbonyl (C=O) groups is 1. The number of methoxy groups -OCH3 is 2. The van der Waals surface area contributed by atoms with E-state index in [1.54, 1.807) is 0 Å². The molecule has 0 aliphatic carbocycles. The number of benzene rings is 2. The molecule has 0 radical (unpaired) electrons. The third-order valence-corrected chi connectivity index (χ3v) is 3.70. The Labute approximate surface area is 163 Å². The normalized spacial score (nSPS) is 10.5. The van der Waals surface area contributed by atoms with Crippen LogP contribution in [0.5, 0.6) is 11.5 Å². The van der Waals surface area contributed by atoms with Crippen molar-refractivity contribution in [1.82, 2.24) is 5.32 Å². The van der Waals surface area contributed by atoms with E-state index in [1.807, 2.05) is 0 Å². The SMILES string of the molecule is COc1cc(C(=O)NCC#Cc2cccc(C(F)(F)F)c2)c([N+](=O)[O-])cc1OC. The lowest BCUT2D eigenvalue weighted by Crippen LogP contribution is -2.24. The van der Waals surface area contributed by atoms with Crippen LogP contribution in [0, 0.1) is 22.0 Å². The smallest absolute Gasteiger partial charge is 0.416 e. The molecule has 0 aromatic heterocycles. The molecule has 0 fully saturated rings. The minimum absolute atomic E-state index is 0.0834. The average Bonchev–Trinajstić information content (AvgIpc) is 2.69. The van der Waals surface area contributed by atoms with Gasteiger partial charge in [-0.2, -0.15) is 13.2 Å². The van der Waals surface area contributed by atoms with Gasteiger partial charge < -0.3 is 14.8 Å². The number of halogens is 3. The molecule has 1 N–H and O–H groups in total. The Morgan fingerprint density at radius 3 is 2.41 bits per heavy atom. The first-order valence-corrected chi connectivity index (χ1v) is 8.02. The van der Waals surface area contributed by atoms with Gasteiger partial charge in [0.05, 0.1) is 37.3 Å². The van der Waals surface area contributed by atoms with E-state index in [4.69, 9.17) is 9.47 Å². The molecule has 7 nitrogen and oxygen atoms in total. The topological polar surface area (TPSA) is 90.7 Å². The number of hydrogen-bond acceptors (Lipinski definition) is 5. The third-order valence-electron chi connectivity index (χ3n) is 3.70. The van der Waals surface area contributed by atoms with Crippen LogP contribution in [-0.4, -0.2) is 31.6 Å². The summed E-state index contributed by atoms with van der Waals surface area (Å²) in [7, 11) is 2.61. The number of nitro benzene ring substituents is 1. The summed E-state index contributed by atoms with van der Waals surface area (Å²) in [5, 5.41) is 13.6. The van der Waals surface area contributed by atoms with Crippen LogP contribution in [0.25, 0.3) is 0 Å². The van der Waals surface area contributed by atoms with Gasteiger partial charge in [0.1, 0.15) is 5.56 Å². The quantitative estimate of drug-likeness (QED) is 0.465. The second kappa shape index (κ2) is 8.97. The molecule has 1 amide bonds. The van der Waals surface area contributed by atoms with E-state index in [0.29, 0.717) is 0 Å². The Morgan fingerprint density at radius 1 is 1.17 bits per heavy atom. The number of nitro groups is 1. The number of alkyl halides is 3. The van der Waals surface area contributed by atoms with Gasteiger partial charge in [-0.15, -0.1) is 0 Å². The predicted octanol–water partition coefficient (Wildman–Crippen LogP) is 3.41. The minimum Gasteiger partial charge on any atom is -0.493 e. The van der Waals surface area contributed by atoms with Gasteiger partial charge in [-0.3, -0.25) is 14.9 Å². The van der Waals surface area contributed by atoms with Crippen molar-refractivity contribution in [2.75, 3.05) is 20.8 Å². The summed E-state index contributed by atoms with van der Waals surface area (Å²) in [6, 6.07) is 6.63. The van der Waals surface area contributed by atoms with Gasteiger partial charge in [0, 0.05) is 11.6 Å². The number of rotatable bonds is 5. The highest BCUT2D eigenvalue weighted by atomic mass is 19.4. The van der Waals surface area contributed by atoms with E-state index >= 15 is 0 Å². The Morgan fingerprint density at radius 2 is 1.83 bits per heavy atom. The summed E-state index contributed by atoms with van der Waals surface area (Å²) in [5.74, 6) is 4.42. The molecule has 0 spiro atoms. The lowest BCUT2D eigenvalue weighted by molar-refractivity contribution is -0.385. The van der Waals surface area contributed by atoms with Gasteiger partial charge in [0.2, 0.25) is 0 Å². The maximum Gasteiger partial charge on any atom is 0.416 e. The highest BCUT2D eigenvalue weighted by molar-refractivity contribution is 5.99. The Balaban J connectivity index is 2.17. The largest absolute Gasteiger partial charge is 0.493 e. The number of nitrogens with one attached hydrogen (secondary N) is 1. The maximum atomic E-state index is 12.7. The average molecular weight is 408 g/mol. The van der Waals surface area contributed by atoms with Crippen molar-refractivity contribution in [2.24, 2.45) is 0 Å². The van der Waals surface area contributed by atoms with E-state index in [-0.39, 0.29) is 29.2 Å². The molecule has 0 aliphatic heterocycles. The first kappa shape index (κ1) is 21.6. The van der Waals surface area contributed by atoms with Crippen molar-refractivity contribution < 1.29 is 32.4 Å². The molecule has 0 bridgehead atoms. The molecule has 0 saturated heterocycles. The van der Waals surface area contributed by atoms with Gasteiger partial charge in [-0.25, -0.2) is 0 Å². The van der Waals surface area contributed by atoms with Gasteiger partial charge in [-0.05, 0) is 18.2 Å². The molecule has 2 aromatic carbocycles. The van der Waals surface area contributed by atoms with Crippen LogP contribution in [0.15, 0.2) is 36.4 Å². The summed E-state index contributed by atoms with van der Waals surface area (Å²) in [6.45, 7) is -0.236. The van der Waals surface area contributed by atoms with Crippen LogP contribution in [0.3, 0.4) is 0 Å². The van der Waals surface area contributed by atoms with Gasteiger partial charge in [0.25, 0.3) is 11.6 Å². The second-order valence-corrected chi connectivity index (χ2v) is 5.54. The van der Waals surface area contributed by atoms with Crippen LogP contribution in [0.1, 0.15) is 21.5 Å². The Bertz CT molecular complexity index is 994. The fourth-order valence-corrected chi connectivity index (χ4v) is 2.34. The molecule has 0 heterocycles. The summed E-state index contributed by atoms with van der Waals surface area (Å²) < 4.78 is 48.1. The first-order chi connectivity index (χ1) is 13.7. The Kier molecular flexibility index (Phi) is 6.67. The monoisotopic (exact) mass is 408 g/mol. The Hall–Kier alpha value is -3.74. The van der Waals surface area contributed by atoms with Gasteiger partial charge in [0.15, 0.2) is 11.5 Å². The molecule has 152 valence electrons. The highest BCUT2D eigenvalue weighted by Crippen LogP contribution is 2.34. The lowest BCUT2D eigenvalue weighted by Gasteiger charge is -2.10. The van der Waals surface area contributed by atoms with Crippen molar-refractivity contribution >= 4 is 11.6 Å². The number of carbonyl (C=O) groups excluding carboxylic acids is 1. The number of ether oxygens (including phenoxy) is 2. The highest BCUT2D eigenvalue weighted by Gasteiger charge is 2.30. The van der Waals surface area contributed by atoms with Crippen molar-refractivity contribution in [3.63, 3.8) is 0 Å². The number of nitrogens with zero attached hydrogens (tertiary/aromatic N) is 1. The fourth-order valence-electron chi connectivity index (χ4n) is 2.34. The molecule has 0 atom stereocenters. The molecule has 0 unspecified atom stereocenters. The molecular formula is C19H15F3N2O5. The van der Waals surface area contributed by atoms with Crippen LogP contribution in [0.2, 0.25) is 0 Å². The van der Waals surface area contributed by atoms with Crippen molar-refractivity contribution in [3.8, 4) is 23.3 Å². The molecule has 0 aliphatic rings. The van der Waals surface area contributed by atoms with Crippen molar-refractivity contribution in [2.45, 2.75) is 6.18 Å². The van der Waals surface area contributed by atoms with E-state index in [9.17, 15) is 28.1 Å². The predicted molar refractivity (Wildman–Crippen MR) is 96.9 cm³/mol. The second-order valence-electron chi connectivity index (χ2n) is 5.54. The fraction of sp³-hybridized carbons (Fsp3) is 0.211. The standard InChI is InChI=1S/C19H15F3N2O5/c1-28-16-10-14(15(24(26)27)11-17(16)29-2)18(25)23-8-4-6-12-5-3-7-13(9-12)19(20,21)22/h3,5,7,9-11H,8H2,1-2H3,(H,23,25). The maximum absolute atomic E-state index is 12.7. The zero-order valence-corrected chi connectivity index (χ0v) is 15.3. The summed E-state index contributed by atoms with van der Waals surface area (Å²) >= 11 is 0. The van der Waals surface area contributed by atoms with Crippen LogP contribution in [-0.2, 0) is 6.18 Å². The molecule has 2 aromatic rings.